The molecule has 1 heterocycles. The number of anilines is 1. The van der Waals surface area contributed by atoms with E-state index in [9.17, 15) is 9.18 Å². The number of oxazole rings is 1. The summed E-state index contributed by atoms with van der Waals surface area (Å²) in [5.74, 6) is -0.572. The average molecular weight is 351 g/mol. The van der Waals surface area contributed by atoms with Crippen LogP contribution in [0, 0.1) is 5.82 Å². The largest absolute Gasteiger partial charge is 0.431 e. The molecule has 0 bridgehead atoms. The monoisotopic (exact) mass is 350 g/mol. The number of thioether (sulfide) groups is 1. The summed E-state index contributed by atoms with van der Waals surface area (Å²) in [5, 5.41) is 3.24. The van der Waals surface area contributed by atoms with Crippen LogP contribution in [0.1, 0.15) is 6.92 Å². The van der Waals surface area contributed by atoms with E-state index in [1.807, 2.05) is 0 Å². The molecule has 0 saturated carbocycles. The predicted molar refractivity (Wildman–Crippen MR) is 89.4 cm³/mol. The summed E-state index contributed by atoms with van der Waals surface area (Å²) in [4.78, 5) is 16.5. The number of nitrogens with zero attached hydrogens (tertiary/aromatic N) is 1. The molecule has 0 aliphatic carbocycles. The Morgan fingerprint density at radius 1 is 1.30 bits per heavy atom. The Balaban J connectivity index is 1.68. The summed E-state index contributed by atoms with van der Waals surface area (Å²) >= 11 is 7.10. The highest BCUT2D eigenvalue weighted by molar-refractivity contribution is 8.00. The van der Waals surface area contributed by atoms with Crippen LogP contribution in [0.3, 0.4) is 0 Å². The standard InChI is InChI=1S/C16H12ClFN2O2S/c1-9(15(21)19-12-5-3-11(18)4-6-12)23-16-20-13-7-2-10(17)8-14(13)22-16/h2-9H,1H3,(H,19,21)/t9-/m0/s1. The molecule has 2 aromatic carbocycles. The van der Waals surface area contributed by atoms with E-state index >= 15 is 0 Å². The molecule has 1 aromatic heterocycles. The van der Waals surface area contributed by atoms with Gasteiger partial charge in [-0.15, -0.1) is 0 Å². The van der Waals surface area contributed by atoms with Crippen molar-refractivity contribution in [1.29, 1.82) is 0 Å². The molecule has 0 aliphatic heterocycles. The number of carbonyl (C=O) groups excluding carboxylic acids is 1. The lowest BCUT2D eigenvalue weighted by atomic mass is 10.3. The van der Waals surface area contributed by atoms with E-state index in [0.29, 0.717) is 27.0 Å². The molecule has 1 N–H and O–H groups in total. The van der Waals surface area contributed by atoms with Gasteiger partial charge in [0, 0.05) is 16.8 Å². The van der Waals surface area contributed by atoms with Crippen LogP contribution in [0.4, 0.5) is 10.1 Å². The molecular weight excluding hydrogens is 339 g/mol. The van der Waals surface area contributed by atoms with Gasteiger partial charge in [0.05, 0.1) is 5.25 Å². The maximum absolute atomic E-state index is 12.9. The Morgan fingerprint density at radius 2 is 2.04 bits per heavy atom. The maximum Gasteiger partial charge on any atom is 0.257 e. The average Bonchev–Trinajstić information content (AvgIpc) is 2.90. The molecule has 7 heteroatoms. The fourth-order valence-electron chi connectivity index (χ4n) is 1.91. The molecule has 3 rings (SSSR count). The van der Waals surface area contributed by atoms with Gasteiger partial charge in [-0.2, -0.15) is 0 Å². The summed E-state index contributed by atoms with van der Waals surface area (Å²) in [7, 11) is 0. The van der Waals surface area contributed by atoms with Crippen LogP contribution in [0.2, 0.25) is 5.02 Å². The number of hydrogen-bond acceptors (Lipinski definition) is 4. The van der Waals surface area contributed by atoms with Crippen molar-refractivity contribution in [2.45, 2.75) is 17.4 Å². The summed E-state index contributed by atoms with van der Waals surface area (Å²) in [6.07, 6.45) is 0. The minimum atomic E-state index is -0.427. The van der Waals surface area contributed by atoms with Crippen LogP contribution in [0.15, 0.2) is 52.1 Å². The number of halogens is 2. The van der Waals surface area contributed by atoms with Crippen molar-refractivity contribution in [3.63, 3.8) is 0 Å². The van der Waals surface area contributed by atoms with Crippen LogP contribution in [0.25, 0.3) is 11.1 Å². The van der Waals surface area contributed by atoms with E-state index in [1.165, 1.54) is 36.0 Å². The molecule has 23 heavy (non-hydrogen) atoms. The van der Waals surface area contributed by atoms with Crippen molar-refractivity contribution in [3.8, 4) is 0 Å². The first kappa shape index (κ1) is 15.8. The van der Waals surface area contributed by atoms with Crippen LogP contribution in [-0.4, -0.2) is 16.1 Å². The third kappa shape index (κ3) is 3.83. The molecule has 3 aromatic rings. The zero-order valence-corrected chi connectivity index (χ0v) is 13.6. The Labute approximate surface area is 141 Å². The quantitative estimate of drug-likeness (QED) is 0.690. The molecule has 0 unspecified atom stereocenters. The molecule has 1 atom stereocenters. The first-order valence-corrected chi connectivity index (χ1v) is 8.06. The van der Waals surface area contributed by atoms with Gasteiger partial charge >= 0.3 is 0 Å². The molecule has 4 nitrogen and oxygen atoms in total. The van der Waals surface area contributed by atoms with Gasteiger partial charge < -0.3 is 9.73 Å². The number of fused-ring (bicyclic) bond motifs is 1. The van der Waals surface area contributed by atoms with Crippen molar-refractivity contribution < 1.29 is 13.6 Å². The Kier molecular flexibility index (Phi) is 4.54. The molecule has 1 amide bonds. The summed E-state index contributed by atoms with van der Waals surface area (Å²) in [6, 6.07) is 10.8. The molecule has 0 spiro atoms. The lowest BCUT2D eigenvalue weighted by Crippen LogP contribution is -2.22. The van der Waals surface area contributed by atoms with E-state index in [1.54, 1.807) is 25.1 Å². The van der Waals surface area contributed by atoms with Crippen molar-refractivity contribution >= 4 is 46.1 Å². The number of amides is 1. The summed E-state index contributed by atoms with van der Waals surface area (Å²) in [5.41, 5.74) is 1.79. The van der Waals surface area contributed by atoms with Gasteiger partial charge in [0.2, 0.25) is 5.91 Å². The Morgan fingerprint density at radius 3 is 2.78 bits per heavy atom. The lowest BCUT2D eigenvalue weighted by molar-refractivity contribution is -0.115. The fraction of sp³-hybridized carbons (Fsp3) is 0.125. The SMILES string of the molecule is C[C@H](Sc1nc2ccc(Cl)cc2o1)C(=O)Nc1ccc(F)cc1. The van der Waals surface area contributed by atoms with Crippen molar-refractivity contribution in [2.24, 2.45) is 0 Å². The van der Waals surface area contributed by atoms with Gasteiger partial charge in [-0.05, 0) is 43.3 Å². The number of rotatable bonds is 4. The molecule has 0 saturated heterocycles. The second-order valence-electron chi connectivity index (χ2n) is 4.85. The summed E-state index contributed by atoms with van der Waals surface area (Å²) < 4.78 is 18.4. The number of aromatic nitrogens is 1. The zero-order chi connectivity index (χ0) is 16.4. The van der Waals surface area contributed by atoms with Crippen molar-refractivity contribution in [2.75, 3.05) is 5.32 Å². The molecule has 0 radical (unpaired) electrons. The van der Waals surface area contributed by atoms with Crippen LogP contribution in [0.5, 0.6) is 0 Å². The normalized spacial score (nSPS) is 12.3. The van der Waals surface area contributed by atoms with Gasteiger partial charge in [0.1, 0.15) is 11.3 Å². The van der Waals surface area contributed by atoms with Crippen LogP contribution >= 0.6 is 23.4 Å². The topological polar surface area (TPSA) is 55.1 Å². The smallest absolute Gasteiger partial charge is 0.257 e. The Hall–Kier alpha value is -2.05. The number of carbonyl (C=O) groups is 1. The third-order valence-electron chi connectivity index (χ3n) is 3.09. The number of nitrogens with one attached hydrogen (secondary N) is 1. The van der Waals surface area contributed by atoms with Crippen molar-refractivity contribution in [1.82, 2.24) is 4.98 Å². The Bertz CT molecular complexity index is 851. The van der Waals surface area contributed by atoms with E-state index < -0.39 is 5.25 Å². The van der Waals surface area contributed by atoms with E-state index in [0.717, 1.165) is 0 Å². The first-order valence-electron chi connectivity index (χ1n) is 6.80. The van der Waals surface area contributed by atoms with Gasteiger partial charge in [-0.1, -0.05) is 23.4 Å². The van der Waals surface area contributed by atoms with Gasteiger partial charge in [0.25, 0.3) is 5.22 Å². The van der Waals surface area contributed by atoms with Crippen LogP contribution < -0.4 is 5.32 Å². The van der Waals surface area contributed by atoms with E-state index in [-0.39, 0.29) is 11.7 Å². The molecule has 0 aliphatic rings. The second-order valence-corrected chi connectivity index (χ2v) is 6.58. The predicted octanol–water partition coefficient (Wildman–Crippen LogP) is 4.74. The van der Waals surface area contributed by atoms with Crippen molar-refractivity contribution in [3.05, 3.63) is 53.3 Å². The number of hydrogen-bond donors (Lipinski definition) is 1. The van der Waals surface area contributed by atoms with Crippen LogP contribution in [-0.2, 0) is 4.79 Å². The minimum Gasteiger partial charge on any atom is -0.431 e. The maximum atomic E-state index is 12.9. The van der Waals surface area contributed by atoms with E-state index in [2.05, 4.69) is 10.3 Å². The highest BCUT2D eigenvalue weighted by atomic mass is 35.5. The molecule has 118 valence electrons. The van der Waals surface area contributed by atoms with Gasteiger partial charge in [-0.25, -0.2) is 9.37 Å². The van der Waals surface area contributed by atoms with Gasteiger partial charge in [-0.3, -0.25) is 4.79 Å². The fourth-order valence-corrected chi connectivity index (χ4v) is 2.83. The highest BCUT2D eigenvalue weighted by Crippen LogP contribution is 2.28. The minimum absolute atomic E-state index is 0.220. The number of benzene rings is 2. The summed E-state index contributed by atoms with van der Waals surface area (Å²) in [6.45, 7) is 1.74. The molecule has 0 fully saturated rings. The third-order valence-corrected chi connectivity index (χ3v) is 4.27. The van der Waals surface area contributed by atoms with Gasteiger partial charge in [0.15, 0.2) is 5.58 Å². The molecular formula is C16H12ClFN2O2S. The zero-order valence-electron chi connectivity index (χ0n) is 12.0. The highest BCUT2D eigenvalue weighted by Gasteiger charge is 2.18. The first-order chi connectivity index (χ1) is 11.0. The second kappa shape index (κ2) is 6.60. The van der Waals surface area contributed by atoms with E-state index in [4.69, 9.17) is 16.0 Å². The lowest BCUT2D eigenvalue weighted by Gasteiger charge is -2.09.